The zero-order valence-electron chi connectivity index (χ0n) is 16.5. The van der Waals surface area contributed by atoms with E-state index < -0.39 is 23.5 Å². The number of alkyl halides is 6. The smallest absolute Gasteiger partial charge is 0.369 e. The van der Waals surface area contributed by atoms with Crippen molar-refractivity contribution in [3.8, 4) is 11.4 Å². The molecule has 2 N–H and O–H groups in total. The maximum Gasteiger partial charge on any atom is 0.430 e. The van der Waals surface area contributed by atoms with Gasteiger partial charge in [-0.15, -0.1) is 0 Å². The SMILES string of the molecule is OC(c1ccc(Nc2nc(-c3cccnc3)nc3ccccc23)cc1)(C(F)(F)F)C(F)(F)F. The van der Waals surface area contributed by atoms with Gasteiger partial charge in [-0.25, -0.2) is 9.97 Å². The highest BCUT2D eigenvalue weighted by Crippen LogP contribution is 2.50. The van der Waals surface area contributed by atoms with Crippen molar-refractivity contribution in [3.63, 3.8) is 0 Å². The molecule has 0 radical (unpaired) electrons. The first-order valence-electron chi connectivity index (χ1n) is 9.41. The molecule has 0 amide bonds. The number of aliphatic hydroxyl groups is 1. The summed E-state index contributed by atoms with van der Waals surface area (Å²) in [5, 5.41) is 13.0. The molecular weight excluding hydrogens is 450 g/mol. The van der Waals surface area contributed by atoms with Crippen molar-refractivity contribution in [2.24, 2.45) is 0 Å². The van der Waals surface area contributed by atoms with Crippen LogP contribution in [0.4, 0.5) is 37.8 Å². The van der Waals surface area contributed by atoms with Crippen molar-refractivity contribution < 1.29 is 31.4 Å². The van der Waals surface area contributed by atoms with Crippen LogP contribution < -0.4 is 5.32 Å². The summed E-state index contributed by atoms with van der Waals surface area (Å²) in [6.07, 6.45) is -8.78. The lowest BCUT2D eigenvalue weighted by atomic mass is 9.92. The Morgan fingerprint density at radius 2 is 1.42 bits per heavy atom. The molecule has 4 rings (SSSR count). The number of hydrogen-bond acceptors (Lipinski definition) is 5. The van der Waals surface area contributed by atoms with Crippen molar-refractivity contribution in [2.75, 3.05) is 5.32 Å². The van der Waals surface area contributed by atoms with E-state index >= 15 is 0 Å². The third kappa shape index (κ3) is 4.07. The first-order valence-corrected chi connectivity index (χ1v) is 9.41. The molecular formula is C22H14F6N4O. The lowest BCUT2D eigenvalue weighted by Gasteiger charge is -2.32. The van der Waals surface area contributed by atoms with E-state index in [0.29, 0.717) is 34.4 Å². The van der Waals surface area contributed by atoms with E-state index in [-0.39, 0.29) is 11.5 Å². The monoisotopic (exact) mass is 464 g/mol. The molecule has 5 nitrogen and oxygen atoms in total. The summed E-state index contributed by atoms with van der Waals surface area (Å²) in [5.41, 5.74) is -5.01. The van der Waals surface area contributed by atoms with Gasteiger partial charge in [-0.05, 0) is 36.4 Å². The number of para-hydroxylation sites is 1. The highest BCUT2D eigenvalue weighted by atomic mass is 19.4. The topological polar surface area (TPSA) is 70.9 Å². The third-order valence-corrected chi connectivity index (χ3v) is 4.91. The van der Waals surface area contributed by atoms with Crippen LogP contribution in [0.25, 0.3) is 22.3 Å². The van der Waals surface area contributed by atoms with Gasteiger partial charge in [-0.1, -0.05) is 24.3 Å². The molecule has 0 saturated heterocycles. The third-order valence-electron chi connectivity index (χ3n) is 4.91. The fourth-order valence-electron chi connectivity index (χ4n) is 3.22. The Balaban J connectivity index is 1.74. The van der Waals surface area contributed by atoms with E-state index in [9.17, 15) is 31.4 Å². The van der Waals surface area contributed by atoms with Gasteiger partial charge in [0.15, 0.2) is 5.82 Å². The molecule has 0 fully saturated rings. The molecule has 0 aliphatic heterocycles. The molecule has 2 aromatic heterocycles. The maximum absolute atomic E-state index is 13.1. The van der Waals surface area contributed by atoms with Gasteiger partial charge >= 0.3 is 12.4 Å². The molecule has 2 heterocycles. The molecule has 0 spiro atoms. The van der Waals surface area contributed by atoms with Crippen LogP contribution in [0.5, 0.6) is 0 Å². The molecule has 2 aromatic carbocycles. The lowest BCUT2D eigenvalue weighted by Crippen LogP contribution is -2.53. The Kier molecular flexibility index (Phi) is 5.44. The largest absolute Gasteiger partial charge is 0.430 e. The van der Waals surface area contributed by atoms with Crippen LogP contribution in [0.3, 0.4) is 0 Å². The number of rotatable bonds is 4. The number of aromatic nitrogens is 3. The Hall–Kier alpha value is -3.73. The van der Waals surface area contributed by atoms with E-state index in [1.165, 1.54) is 0 Å². The first-order chi connectivity index (χ1) is 15.5. The number of benzene rings is 2. The van der Waals surface area contributed by atoms with Crippen LogP contribution in [0.15, 0.2) is 73.1 Å². The van der Waals surface area contributed by atoms with Gasteiger partial charge in [0.05, 0.1) is 5.52 Å². The van der Waals surface area contributed by atoms with E-state index in [2.05, 4.69) is 20.3 Å². The van der Waals surface area contributed by atoms with Gasteiger partial charge in [0.25, 0.3) is 5.60 Å². The Labute approximate surface area is 182 Å². The predicted octanol–water partition coefficient (Wildman–Crippen LogP) is 5.75. The van der Waals surface area contributed by atoms with E-state index in [1.807, 2.05) is 0 Å². The maximum atomic E-state index is 13.1. The van der Waals surface area contributed by atoms with Crippen LogP contribution in [0.1, 0.15) is 5.56 Å². The molecule has 0 unspecified atom stereocenters. The average molecular weight is 464 g/mol. The van der Waals surface area contributed by atoms with Gasteiger partial charge in [-0.2, -0.15) is 26.3 Å². The minimum Gasteiger partial charge on any atom is -0.369 e. The van der Waals surface area contributed by atoms with Crippen LogP contribution in [-0.2, 0) is 5.60 Å². The van der Waals surface area contributed by atoms with Gasteiger partial charge in [-0.3, -0.25) is 4.98 Å². The van der Waals surface area contributed by atoms with Crippen molar-refractivity contribution in [2.45, 2.75) is 18.0 Å². The standard InChI is InChI=1S/C22H14F6N4O/c23-21(24,25)20(33,22(26,27)28)14-7-9-15(10-8-14)30-19-16-5-1-2-6-17(16)31-18(32-19)13-4-3-11-29-12-13/h1-12,33H,(H,30,31,32). The van der Waals surface area contributed by atoms with E-state index in [0.717, 1.165) is 12.1 Å². The van der Waals surface area contributed by atoms with Crippen LogP contribution in [0.2, 0.25) is 0 Å². The first kappa shape index (κ1) is 22.5. The summed E-state index contributed by atoms with van der Waals surface area (Å²) in [7, 11) is 0. The zero-order chi connectivity index (χ0) is 23.9. The van der Waals surface area contributed by atoms with E-state index in [1.54, 1.807) is 48.8 Å². The van der Waals surface area contributed by atoms with Crippen LogP contribution in [0, 0.1) is 0 Å². The fraction of sp³-hybridized carbons (Fsp3) is 0.136. The molecule has 0 saturated carbocycles. The molecule has 4 aromatic rings. The molecule has 33 heavy (non-hydrogen) atoms. The summed E-state index contributed by atoms with van der Waals surface area (Å²) in [4.78, 5) is 12.9. The number of pyridine rings is 1. The number of hydrogen-bond donors (Lipinski definition) is 2. The molecule has 0 aliphatic carbocycles. The minimum absolute atomic E-state index is 0.159. The number of nitrogens with one attached hydrogen (secondary N) is 1. The highest BCUT2D eigenvalue weighted by Gasteiger charge is 2.71. The molecule has 0 bridgehead atoms. The molecule has 170 valence electrons. The minimum atomic E-state index is -5.96. The van der Waals surface area contributed by atoms with E-state index in [4.69, 9.17) is 0 Å². The second-order valence-corrected chi connectivity index (χ2v) is 7.06. The van der Waals surface area contributed by atoms with Crippen LogP contribution in [-0.4, -0.2) is 32.4 Å². The average Bonchev–Trinajstić information content (AvgIpc) is 2.78. The van der Waals surface area contributed by atoms with Crippen molar-refractivity contribution >= 4 is 22.4 Å². The lowest BCUT2D eigenvalue weighted by molar-refractivity contribution is -0.376. The van der Waals surface area contributed by atoms with Gasteiger partial charge < -0.3 is 10.4 Å². The van der Waals surface area contributed by atoms with Gasteiger partial charge in [0.1, 0.15) is 5.82 Å². The predicted molar refractivity (Wildman–Crippen MR) is 109 cm³/mol. The number of halogens is 6. The highest BCUT2D eigenvalue weighted by molar-refractivity contribution is 5.92. The second-order valence-electron chi connectivity index (χ2n) is 7.06. The molecule has 0 atom stereocenters. The van der Waals surface area contributed by atoms with Gasteiger partial charge in [0.2, 0.25) is 0 Å². The Morgan fingerprint density at radius 1 is 0.758 bits per heavy atom. The zero-order valence-corrected chi connectivity index (χ0v) is 16.5. The Bertz CT molecular complexity index is 1260. The van der Waals surface area contributed by atoms with Gasteiger partial charge in [0, 0.05) is 34.6 Å². The summed E-state index contributed by atoms with van der Waals surface area (Å²) in [5.74, 6) is 0.610. The quantitative estimate of drug-likeness (QED) is 0.377. The summed E-state index contributed by atoms with van der Waals surface area (Å²) >= 11 is 0. The summed E-state index contributed by atoms with van der Waals surface area (Å²) in [6.45, 7) is 0. The molecule has 11 heteroatoms. The number of fused-ring (bicyclic) bond motifs is 1. The van der Waals surface area contributed by atoms with Crippen molar-refractivity contribution in [1.82, 2.24) is 15.0 Å². The second kappa shape index (κ2) is 8.00. The molecule has 0 aliphatic rings. The summed E-state index contributed by atoms with van der Waals surface area (Å²) in [6, 6.07) is 13.5. The van der Waals surface area contributed by atoms with Crippen molar-refractivity contribution in [3.05, 3.63) is 78.6 Å². The summed E-state index contributed by atoms with van der Waals surface area (Å²) < 4.78 is 78.6. The van der Waals surface area contributed by atoms with Crippen molar-refractivity contribution in [1.29, 1.82) is 0 Å². The fourth-order valence-corrected chi connectivity index (χ4v) is 3.22. The van der Waals surface area contributed by atoms with Crippen LogP contribution >= 0.6 is 0 Å². The Morgan fingerprint density at radius 3 is 2.03 bits per heavy atom. The normalized spacial score (nSPS) is 12.7. The number of anilines is 2. The number of nitrogens with zero attached hydrogens (tertiary/aromatic N) is 3.